The zero-order valence-electron chi connectivity index (χ0n) is 9.68. The largest absolute Gasteiger partial charge is 0.387 e. The average Bonchev–Trinajstić information content (AvgIpc) is 2.37. The molecule has 0 aliphatic rings. The Labute approximate surface area is 100 Å². The molecule has 0 saturated heterocycles. The summed E-state index contributed by atoms with van der Waals surface area (Å²) in [5, 5.41) is 13.8. The number of rotatable bonds is 3. The summed E-state index contributed by atoms with van der Waals surface area (Å²) >= 11 is 0. The van der Waals surface area contributed by atoms with E-state index in [2.05, 4.69) is 5.32 Å². The molecule has 0 aromatic heterocycles. The molecule has 1 atom stereocenters. The molecule has 0 fully saturated rings. The third-order valence-electron chi connectivity index (χ3n) is 2.81. The van der Waals surface area contributed by atoms with E-state index in [9.17, 15) is 4.79 Å². The van der Waals surface area contributed by atoms with Crippen molar-refractivity contribution in [3.63, 3.8) is 0 Å². The number of nitrogens with one attached hydrogen (secondary N) is 1. The van der Waals surface area contributed by atoms with Crippen molar-refractivity contribution in [2.24, 2.45) is 0 Å². The van der Waals surface area contributed by atoms with Gasteiger partial charge in [-0.05, 0) is 23.3 Å². The second-order valence-corrected chi connectivity index (χ2v) is 4.02. The van der Waals surface area contributed by atoms with Gasteiger partial charge in [-0.1, -0.05) is 42.5 Å². The van der Waals surface area contributed by atoms with Crippen LogP contribution in [0.15, 0.2) is 42.5 Å². The number of aliphatic hydroxyl groups is 1. The normalized spacial score (nSPS) is 12.4. The van der Waals surface area contributed by atoms with E-state index in [0.29, 0.717) is 0 Å². The minimum atomic E-state index is -0.477. The quantitative estimate of drug-likeness (QED) is 0.845. The summed E-state index contributed by atoms with van der Waals surface area (Å²) in [5.41, 5.74) is 1.06. The second kappa shape index (κ2) is 4.97. The summed E-state index contributed by atoms with van der Waals surface area (Å²) in [4.78, 5) is 11.2. The first-order valence-electron chi connectivity index (χ1n) is 5.60. The van der Waals surface area contributed by atoms with Crippen LogP contribution in [-0.2, 0) is 4.79 Å². The zero-order valence-corrected chi connectivity index (χ0v) is 9.68. The highest BCUT2D eigenvalue weighted by Crippen LogP contribution is 2.23. The summed E-state index contributed by atoms with van der Waals surface area (Å²) < 4.78 is 0. The minimum absolute atomic E-state index is 0.110. The molecule has 88 valence electrons. The van der Waals surface area contributed by atoms with E-state index in [-0.39, 0.29) is 11.9 Å². The van der Waals surface area contributed by atoms with Gasteiger partial charge in [0.15, 0.2) is 0 Å². The van der Waals surface area contributed by atoms with E-state index >= 15 is 0 Å². The van der Waals surface area contributed by atoms with Crippen molar-refractivity contribution < 1.29 is 9.90 Å². The van der Waals surface area contributed by atoms with E-state index in [0.717, 1.165) is 16.3 Å². The van der Waals surface area contributed by atoms with E-state index in [4.69, 9.17) is 5.11 Å². The first kappa shape index (κ1) is 11.6. The Kier molecular flexibility index (Phi) is 3.40. The fourth-order valence-corrected chi connectivity index (χ4v) is 1.99. The molecular weight excluding hydrogens is 214 g/mol. The molecule has 0 aliphatic heterocycles. The average molecular weight is 229 g/mol. The molecule has 17 heavy (non-hydrogen) atoms. The topological polar surface area (TPSA) is 49.3 Å². The summed E-state index contributed by atoms with van der Waals surface area (Å²) in [6.07, 6.45) is 0. The molecule has 0 spiro atoms. The maximum atomic E-state index is 11.2. The number of benzene rings is 2. The summed E-state index contributed by atoms with van der Waals surface area (Å²) in [7, 11) is 0. The molecule has 0 radical (unpaired) electrons. The molecule has 3 heteroatoms. The molecule has 0 aliphatic carbocycles. The Morgan fingerprint density at radius 1 is 1.24 bits per heavy atom. The Balaban J connectivity index is 2.38. The molecule has 1 amide bonds. The van der Waals surface area contributed by atoms with E-state index in [1.165, 1.54) is 0 Å². The lowest BCUT2D eigenvalue weighted by molar-refractivity contribution is -0.124. The minimum Gasteiger partial charge on any atom is -0.387 e. The Morgan fingerprint density at radius 3 is 2.71 bits per heavy atom. The summed E-state index contributed by atoms with van der Waals surface area (Å²) in [6.45, 7) is 1.43. The third kappa shape index (κ3) is 2.45. The predicted octanol–water partition coefficient (Wildman–Crippen LogP) is 2.01. The number of carbonyl (C=O) groups is 1. The van der Waals surface area contributed by atoms with Crippen LogP contribution in [-0.4, -0.2) is 17.6 Å². The lowest BCUT2D eigenvalue weighted by Crippen LogP contribution is -2.29. The maximum Gasteiger partial charge on any atom is 0.246 e. The van der Waals surface area contributed by atoms with Crippen molar-refractivity contribution in [2.45, 2.75) is 13.0 Å². The van der Waals surface area contributed by atoms with Crippen molar-refractivity contribution in [1.82, 2.24) is 5.32 Å². The van der Waals surface area contributed by atoms with E-state index in [1.807, 2.05) is 49.4 Å². The van der Waals surface area contributed by atoms with Crippen LogP contribution >= 0.6 is 0 Å². The van der Waals surface area contributed by atoms with Crippen molar-refractivity contribution in [3.05, 3.63) is 48.0 Å². The lowest BCUT2D eigenvalue weighted by atomic mass is 10.00. The molecule has 2 aromatic rings. The van der Waals surface area contributed by atoms with Crippen LogP contribution in [0.5, 0.6) is 0 Å². The fourth-order valence-electron chi connectivity index (χ4n) is 1.99. The van der Waals surface area contributed by atoms with Crippen molar-refractivity contribution in [3.8, 4) is 0 Å². The number of hydrogen-bond acceptors (Lipinski definition) is 2. The van der Waals surface area contributed by atoms with Gasteiger partial charge < -0.3 is 10.4 Å². The van der Waals surface area contributed by atoms with Crippen LogP contribution < -0.4 is 5.32 Å². The standard InChI is InChI=1S/C14H15NO2/c1-10(15-14(17)9-16)12-8-4-6-11-5-2-3-7-13(11)12/h2-8,10,16H,9H2,1H3,(H,15,17). The van der Waals surface area contributed by atoms with Crippen LogP contribution in [0.25, 0.3) is 10.8 Å². The fraction of sp³-hybridized carbons (Fsp3) is 0.214. The first-order valence-corrected chi connectivity index (χ1v) is 5.60. The number of aliphatic hydroxyl groups excluding tert-OH is 1. The highest BCUT2D eigenvalue weighted by atomic mass is 16.3. The van der Waals surface area contributed by atoms with Gasteiger partial charge in [-0.15, -0.1) is 0 Å². The molecular formula is C14H15NO2. The van der Waals surface area contributed by atoms with E-state index in [1.54, 1.807) is 0 Å². The zero-order chi connectivity index (χ0) is 12.3. The van der Waals surface area contributed by atoms with Crippen LogP contribution in [0.2, 0.25) is 0 Å². The summed E-state index contributed by atoms with van der Waals surface area (Å²) in [6, 6.07) is 13.9. The van der Waals surface area contributed by atoms with Crippen LogP contribution in [0.1, 0.15) is 18.5 Å². The van der Waals surface area contributed by atoms with Gasteiger partial charge in [0.2, 0.25) is 5.91 Å². The molecule has 1 unspecified atom stereocenters. The number of fused-ring (bicyclic) bond motifs is 1. The molecule has 2 N–H and O–H groups in total. The first-order chi connectivity index (χ1) is 8.22. The number of hydrogen-bond donors (Lipinski definition) is 2. The molecule has 2 rings (SSSR count). The molecule has 0 saturated carbocycles. The van der Waals surface area contributed by atoms with Crippen LogP contribution in [0, 0.1) is 0 Å². The summed E-state index contributed by atoms with van der Waals surface area (Å²) in [5.74, 6) is -0.356. The predicted molar refractivity (Wildman–Crippen MR) is 67.6 cm³/mol. The second-order valence-electron chi connectivity index (χ2n) is 4.02. The van der Waals surface area contributed by atoms with Gasteiger partial charge in [-0.2, -0.15) is 0 Å². The molecule has 0 bridgehead atoms. The van der Waals surface area contributed by atoms with Gasteiger partial charge >= 0.3 is 0 Å². The van der Waals surface area contributed by atoms with Crippen LogP contribution in [0.3, 0.4) is 0 Å². The molecule has 0 heterocycles. The smallest absolute Gasteiger partial charge is 0.246 e. The van der Waals surface area contributed by atoms with Gasteiger partial charge in [-0.3, -0.25) is 4.79 Å². The monoisotopic (exact) mass is 229 g/mol. The molecule has 3 nitrogen and oxygen atoms in total. The van der Waals surface area contributed by atoms with Crippen molar-refractivity contribution in [2.75, 3.05) is 6.61 Å². The lowest BCUT2D eigenvalue weighted by Gasteiger charge is -2.15. The van der Waals surface area contributed by atoms with Gasteiger partial charge in [0.25, 0.3) is 0 Å². The van der Waals surface area contributed by atoms with Gasteiger partial charge in [0.05, 0.1) is 6.04 Å². The van der Waals surface area contributed by atoms with Crippen molar-refractivity contribution in [1.29, 1.82) is 0 Å². The van der Waals surface area contributed by atoms with E-state index < -0.39 is 6.61 Å². The van der Waals surface area contributed by atoms with Gasteiger partial charge in [-0.25, -0.2) is 0 Å². The highest BCUT2D eigenvalue weighted by Gasteiger charge is 2.10. The van der Waals surface area contributed by atoms with Gasteiger partial charge in [0, 0.05) is 0 Å². The number of carbonyl (C=O) groups excluding carboxylic acids is 1. The Hall–Kier alpha value is -1.87. The SMILES string of the molecule is CC(NC(=O)CO)c1cccc2ccccc12. The van der Waals surface area contributed by atoms with Crippen LogP contribution in [0.4, 0.5) is 0 Å². The molecule has 2 aromatic carbocycles. The Morgan fingerprint density at radius 2 is 1.94 bits per heavy atom. The maximum absolute atomic E-state index is 11.2. The Bertz CT molecular complexity index is 531. The van der Waals surface area contributed by atoms with Gasteiger partial charge in [0.1, 0.15) is 6.61 Å². The highest BCUT2D eigenvalue weighted by molar-refractivity contribution is 5.87. The van der Waals surface area contributed by atoms with Crippen molar-refractivity contribution >= 4 is 16.7 Å². The number of amides is 1. The third-order valence-corrected chi connectivity index (χ3v) is 2.81.